The zero-order valence-corrected chi connectivity index (χ0v) is 12.1. The number of rotatable bonds is 4. The molecule has 0 spiro atoms. The first-order valence-electron chi connectivity index (χ1n) is 6.12. The van der Waals surface area contributed by atoms with Crippen LogP contribution in [-0.4, -0.2) is 12.6 Å². The van der Waals surface area contributed by atoms with E-state index in [1.54, 1.807) is 0 Å². The molecule has 1 aliphatic carbocycles. The summed E-state index contributed by atoms with van der Waals surface area (Å²) >= 11 is 9.42. The van der Waals surface area contributed by atoms with Gasteiger partial charge in [-0.1, -0.05) is 24.4 Å². The van der Waals surface area contributed by atoms with Crippen molar-refractivity contribution in [3.8, 4) is 0 Å². The molecule has 1 aromatic rings. The fraction of sp³-hybridized carbons (Fsp3) is 0.538. The van der Waals surface area contributed by atoms with Crippen LogP contribution in [0.15, 0.2) is 22.7 Å². The third-order valence-electron chi connectivity index (χ3n) is 3.49. The summed E-state index contributed by atoms with van der Waals surface area (Å²) < 4.78 is 0.923. The van der Waals surface area contributed by atoms with E-state index in [2.05, 4.69) is 21.2 Å². The summed E-state index contributed by atoms with van der Waals surface area (Å²) in [5, 5.41) is 4.26. The van der Waals surface area contributed by atoms with Gasteiger partial charge in [0.1, 0.15) is 0 Å². The van der Waals surface area contributed by atoms with Crippen LogP contribution in [0.4, 0.5) is 5.69 Å². The van der Waals surface area contributed by atoms with Crippen LogP contribution in [0.2, 0.25) is 5.02 Å². The Balaban J connectivity index is 2.04. The number of nitrogens with two attached hydrogens (primary N) is 1. The van der Waals surface area contributed by atoms with Gasteiger partial charge in [0.2, 0.25) is 0 Å². The Bertz CT molecular complexity index is 378. The average molecular weight is 318 g/mol. The molecule has 1 fully saturated rings. The molecule has 1 aromatic carbocycles. The molecule has 1 saturated carbocycles. The highest BCUT2D eigenvalue weighted by atomic mass is 79.9. The van der Waals surface area contributed by atoms with Gasteiger partial charge in [0.15, 0.2) is 0 Å². The van der Waals surface area contributed by atoms with Crippen LogP contribution in [0.5, 0.6) is 0 Å². The van der Waals surface area contributed by atoms with Crippen LogP contribution in [-0.2, 0) is 0 Å². The van der Waals surface area contributed by atoms with Crippen LogP contribution in [0.1, 0.15) is 25.7 Å². The monoisotopic (exact) mass is 316 g/mol. The SMILES string of the molecule is NCC(Nc1ccc(Cl)c(Br)c1)C1CCCC1. The molecular formula is C13H18BrClN2. The Kier molecular flexibility index (Phi) is 4.71. The fourth-order valence-electron chi connectivity index (χ4n) is 2.53. The predicted molar refractivity (Wildman–Crippen MR) is 77.6 cm³/mol. The number of hydrogen-bond donors (Lipinski definition) is 2. The molecule has 1 unspecified atom stereocenters. The minimum atomic E-state index is 0.380. The molecule has 3 N–H and O–H groups in total. The first-order valence-corrected chi connectivity index (χ1v) is 7.29. The maximum Gasteiger partial charge on any atom is 0.0549 e. The second-order valence-corrected chi connectivity index (χ2v) is 5.92. The molecular weight excluding hydrogens is 300 g/mol. The molecule has 0 aromatic heterocycles. The molecule has 0 radical (unpaired) electrons. The van der Waals surface area contributed by atoms with Crippen molar-refractivity contribution >= 4 is 33.2 Å². The van der Waals surface area contributed by atoms with Crippen molar-refractivity contribution in [1.82, 2.24) is 0 Å². The Morgan fingerprint density at radius 2 is 2.12 bits per heavy atom. The average Bonchev–Trinajstić information content (AvgIpc) is 2.84. The molecule has 0 amide bonds. The van der Waals surface area contributed by atoms with Gasteiger partial charge in [0, 0.05) is 22.7 Å². The minimum Gasteiger partial charge on any atom is -0.381 e. The minimum absolute atomic E-state index is 0.380. The third-order valence-corrected chi connectivity index (χ3v) is 4.71. The Morgan fingerprint density at radius 1 is 1.41 bits per heavy atom. The molecule has 2 rings (SSSR count). The molecule has 4 heteroatoms. The van der Waals surface area contributed by atoms with E-state index in [1.165, 1.54) is 25.7 Å². The molecule has 94 valence electrons. The molecule has 0 aliphatic heterocycles. The second-order valence-electron chi connectivity index (χ2n) is 4.66. The van der Waals surface area contributed by atoms with E-state index in [1.807, 2.05) is 18.2 Å². The highest BCUT2D eigenvalue weighted by molar-refractivity contribution is 9.10. The number of hydrogen-bond acceptors (Lipinski definition) is 2. The molecule has 1 aliphatic rings. The van der Waals surface area contributed by atoms with Gasteiger partial charge in [0.25, 0.3) is 0 Å². The van der Waals surface area contributed by atoms with E-state index in [0.29, 0.717) is 12.6 Å². The van der Waals surface area contributed by atoms with Crippen molar-refractivity contribution in [3.05, 3.63) is 27.7 Å². The van der Waals surface area contributed by atoms with E-state index in [9.17, 15) is 0 Å². The van der Waals surface area contributed by atoms with Crippen molar-refractivity contribution in [1.29, 1.82) is 0 Å². The topological polar surface area (TPSA) is 38.0 Å². The molecule has 0 saturated heterocycles. The molecule has 1 atom stereocenters. The standard InChI is InChI=1S/C13H18BrClN2/c14-11-7-10(5-6-12(11)15)17-13(8-16)9-3-1-2-4-9/h5-7,9,13,17H,1-4,8,16H2. The summed E-state index contributed by atoms with van der Waals surface area (Å²) in [6.45, 7) is 0.685. The Labute approximate surface area is 116 Å². The summed E-state index contributed by atoms with van der Waals surface area (Å²) in [5.41, 5.74) is 6.95. The first-order chi connectivity index (χ1) is 8.20. The maximum absolute atomic E-state index is 5.98. The lowest BCUT2D eigenvalue weighted by Crippen LogP contribution is -2.35. The highest BCUT2D eigenvalue weighted by Gasteiger charge is 2.23. The summed E-state index contributed by atoms with van der Waals surface area (Å²) in [7, 11) is 0. The molecule has 0 heterocycles. The first kappa shape index (κ1) is 13.2. The molecule has 2 nitrogen and oxygen atoms in total. The van der Waals surface area contributed by atoms with Gasteiger partial charge >= 0.3 is 0 Å². The van der Waals surface area contributed by atoms with Gasteiger partial charge in [-0.25, -0.2) is 0 Å². The van der Waals surface area contributed by atoms with E-state index in [0.717, 1.165) is 21.1 Å². The van der Waals surface area contributed by atoms with Crippen LogP contribution in [0.3, 0.4) is 0 Å². The van der Waals surface area contributed by atoms with Crippen LogP contribution >= 0.6 is 27.5 Å². The van der Waals surface area contributed by atoms with E-state index < -0.39 is 0 Å². The van der Waals surface area contributed by atoms with Gasteiger partial charge in [-0.3, -0.25) is 0 Å². The lowest BCUT2D eigenvalue weighted by Gasteiger charge is -2.24. The zero-order chi connectivity index (χ0) is 12.3. The third kappa shape index (κ3) is 3.36. The summed E-state index contributed by atoms with van der Waals surface area (Å²) in [6, 6.07) is 6.30. The van der Waals surface area contributed by atoms with Gasteiger partial charge in [-0.05, 0) is 52.9 Å². The van der Waals surface area contributed by atoms with E-state index in [4.69, 9.17) is 17.3 Å². The number of halogens is 2. The lowest BCUT2D eigenvalue weighted by atomic mass is 9.98. The highest BCUT2D eigenvalue weighted by Crippen LogP contribution is 2.30. The Morgan fingerprint density at radius 3 is 2.71 bits per heavy atom. The van der Waals surface area contributed by atoms with Gasteiger partial charge in [-0.15, -0.1) is 0 Å². The van der Waals surface area contributed by atoms with Crippen LogP contribution < -0.4 is 11.1 Å². The number of nitrogens with one attached hydrogen (secondary N) is 1. The number of anilines is 1. The summed E-state index contributed by atoms with van der Waals surface area (Å²) in [5.74, 6) is 0.717. The molecule has 17 heavy (non-hydrogen) atoms. The van der Waals surface area contributed by atoms with Crippen LogP contribution in [0, 0.1) is 5.92 Å². The quantitative estimate of drug-likeness (QED) is 0.880. The summed E-state index contributed by atoms with van der Waals surface area (Å²) in [4.78, 5) is 0. The molecule has 0 bridgehead atoms. The zero-order valence-electron chi connectivity index (χ0n) is 9.76. The van der Waals surface area contributed by atoms with Gasteiger partial charge in [0.05, 0.1) is 5.02 Å². The van der Waals surface area contributed by atoms with Gasteiger partial charge < -0.3 is 11.1 Å². The maximum atomic E-state index is 5.98. The van der Waals surface area contributed by atoms with Crippen molar-refractivity contribution in [2.24, 2.45) is 11.7 Å². The van der Waals surface area contributed by atoms with Crippen molar-refractivity contribution in [2.45, 2.75) is 31.7 Å². The van der Waals surface area contributed by atoms with E-state index >= 15 is 0 Å². The van der Waals surface area contributed by atoms with Crippen molar-refractivity contribution < 1.29 is 0 Å². The summed E-state index contributed by atoms with van der Waals surface area (Å²) in [6.07, 6.45) is 5.27. The second kappa shape index (κ2) is 6.07. The van der Waals surface area contributed by atoms with Crippen molar-refractivity contribution in [2.75, 3.05) is 11.9 Å². The largest absolute Gasteiger partial charge is 0.381 e. The smallest absolute Gasteiger partial charge is 0.0549 e. The van der Waals surface area contributed by atoms with Crippen LogP contribution in [0.25, 0.3) is 0 Å². The fourth-order valence-corrected chi connectivity index (χ4v) is 3.03. The van der Waals surface area contributed by atoms with E-state index in [-0.39, 0.29) is 0 Å². The van der Waals surface area contributed by atoms with Gasteiger partial charge in [-0.2, -0.15) is 0 Å². The predicted octanol–water partition coefficient (Wildman–Crippen LogP) is 4.03. The Hall–Kier alpha value is -0.250. The number of benzene rings is 1. The lowest BCUT2D eigenvalue weighted by molar-refractivity contribution is 0.462. The van der Waals surface area contributed by atoms with Crippen molar-refractivity contribution in [3.63, 3.8) is 0 Å². The normalized spacial score (nSPS) is 18.3.